The first-order valence-corrected chi connectivity index (χ1v) is 12.2. The fraction of sp³-hybridized carbons (Fsp3) is 0.207. The first-order chi connectivity index (χ1) is 16.5. The van der Waals surface area contributed by atoms with Gasteiger partial charge in [-0.05, 0) is 46.5 Å². The fourth-order valence-electron chi connectivity index (χ4n) is 4.19. The maximum Gasteiger partial charge on any atom is 0.224 e. The largest absolute Gasteiger partial charge is 0.334 e. The maximum absolute atomic E-state index is 13.3. The normalized spacial score (nSPS) is 12.0. The van der Waals surface area contributed by atoms with E-state index in [1.54, 1.807) is 0 Å². The predicted molar refractivity (Wildman–Crippen MR) is 142 cm³/mol. The summed E-state index contributed by atoms with van der Waals surface area (Å²) < 4.78 is 0. The molecule has 3 nitrogen and oxygen atoms in total. The molecule has 4 rings (SSSR count). The van der Waals surface area contributed by atoms with Gasteiger partial charge < -0.3 is 10.2 Å². The minimum Gasteiger partial charge on any atom is -0.334 e. The quantitative estimate of drug-likeness (QED) is 0.264. The highest BCUT2D eigenvalue weighted by Crippen LogP contribution is 2.25. The summed E-state index contributed by atoms with van der Waals surface area (Å²) in [5, 5.41) is 7.29. The molecule has 0 spiro atoms. The van der Waals surface area contributed by atoms with Crippen LogP contribution >= 0.6 is 23.2 Å². The summed E-state index contributed by atoms with van der Waals surface area (Å²) in [7, 11) is 0. The molecule has 0 aliphatic rings. The van der Waals surface area contributed by atoms with E-state index in [9.17, 15) is 4.79 Å². The lowest BCUT2D eigenvalue weighted by molar-refractivity contribution is -0.132. The Labute approximate surface area is 211 Å². The number of carbonyl (C=O) groups is 1. The highest BCUT2D eigenvalue weighted by Gasteiger charge is 2.18. The summed E-state index contributed by atoms with van der Waals surface area (Å²) in [5.41, 5.74) is 3.07. The molecule has 0 unspecified atom stereocenters. The maximum atomic E-state index is 13.3. The first kappa shape index (κ1) is 24.3. The second kappa shape index (κ2) is 11.5. The molecule has 0 aromatic heterocycles. The van der Waals surface area contributed by atoms with Gasteiger partial charge in [-0.2, -0.15) is 0 Å². The van der Waals surface area contributed by atoms with E-state index >= 15 is 0 Å². The molecule has 1 N–H and O–H groups in total. The minimum atomic E-state index is 0.0532. The summed E-state index contributed by atoms with van der Waals surface area (Å²) in [6, 6.07) is 30.1. The molecule has 0 heterocycles. The molecule has 4 aromatic carbocycles. The van der Waals surface area contributed by atoms with Gasteiger partial charge in [-0.1, -0.05) is 102 Å². The standard InChI is InChI=1S/C29H28Cl2N2O/c1-21(25-14-8-12-22-9-2-5-13-26(22)25)32-18-17-29(34)33(19-23-10-3-6-15-27(23)30)20-24-11-4-7-16-28(24)31/h2-16,21,32H,17-20H2,1H3/t21-/m1/s1. The van der Waals surface area contributed by atoms with E-state index in [2.05, 4.69) is 54.7 Å². The number of benzene rings is 4. The molecule has 5 heteroatoms. The molecule has 0 saturated heterocycles. The van der Waals surface area contributed by atoms with E-state index in [0.717, 1.165) is 11.1 Å². The van der Waals surface area contributed by atoms with Gasteiger partial charge in [0.2, 0.25) is 5.91 Å². The van der Waals surface area contributed by atoms with Crippen molar-refractivity contribution in [2.75, 3.05) is 6.54 Å². The van der Waals surface area contributed by atoms with Crippen molar-refractivity contribution in [1.82, 2.24) is 10.2 Å². The number of hydrogen-bond acceptors (Lipinski definition) is 2. The van der Waals surface area contributed by atoms with Crippen molar-refractivity contribution in [3.8, 4) is 0 Å². The van der Waals surface area contributed by atoms with Crippen molar-refractivity contribution in [3.05, 3.63) is 118 Å². The van der Waals surface area contributed by atoms with Crippen LogP contribution in [-0.4, -0.2) is 17.4 Å². The molecule has 0 saturated carbocycles. The molecule has 0 aliphatic carbocycles. The Hall–Kier alpha value is -2.85. The SMILES string of the molecule is C[C@@H](NCCC(=O)N(Cc1ccccc1Cl)Cc1ccccc1Cl)c1cccc2ccccc12. The molecule has 0 fully saturated rings. The van der Waals surface area contributed by atoms with Crippen LogP contribution < -0.4 is 5.32 Å². The first-order valence-electron chi connectivity index (χ1n) is 11.5. The lowest BCUT2D eigenvalue weighted by Gasteiger charge is -2.25. The molecule has 1 amide bonds. The molecule has 174 valence electrons. The van der Waals surface area contributed by atoms with E-state index in [-0.39, 0.29) is 11.9 Å². The summed E-state index contributed by atoms with van der Waals surface area (Å²) in [4.78, 5) is 15.1. The van der Waals surface area contributed by atoms with E-state index < -0.39 is 0 Å². The zero-order chi connectivity index (χ0) is 23.9. The van der Waals surface area contributed by atoms with E-state index in [4.69, 9.17) is 23.2 Å². The third-order valence-electron chi connectivity index (χ3n) is 6.07. The van der Waals surface area contributed by atoms with Crippen LogP contribution in [0.1, 0.15) is 36.1 Å². The van der Waals surface area contributed by atoms with Crippen LogP contribution in [-0.2, 0) is 17.9 Å². The molecule has 0 radical (unpaired) electrons. The Morgan fingerprint density at radius 1 is 0.794 bits per heavy atom. The number of nitrogens with zero attached hydrogens (tertiary/aromatic N) is 1. The van der Waals surface area contributed by atoms with E-state index in [0.29, 0.717) is 36.1 Å². The van der Waals surface area contributed by atoms with Crippen LogP contribution in [0.5, 0.6) is 0 Å². The van der Waals surface area contributed by atoms with Crippen molar-refractivity contribution in [3.63, 3.8) is 0 Å². The Kier molecular flexibility index (Phi) is 8.23. The molecule has 0 aliphatic heterocycles. The predicted octanol–water partition coefficient (Wildman–Crippen LogP) is 7.42. The lowest BCUT2D eigenvalue weighted by atomic mass is 9.99. The molecular formula is C29H28Cl2N2O. The Bertz CT molecular complexity index is 1220. The van der Waals surface area contributed by atoms with Crippen LogP contribution in [0.15, 0.2) is 91.0 Å². The zero-order valence-electron chi connectivity index (χ0n) is 19.2. The molecule has 1 atom stereocenters. The number of hydrogen-bond donors (Lipinski definition) is 1. The molecule has 0 bridgehead atoms. The number of nitrogens with one attached hydrogen (secondary N) is 1. The number of amides is 1. The van der Waals surface area contributed by atoms with Gasteiger partial charge in [0.25, 0.3) is 0 Å². The van der Waals surface area contributed by atoms with Crippen molar-refractivity contribution in [2.24, 2.45) is 0 Å². The summed E-state index contributed by atoms with van der Waals surface area (Å²) in [5.74, 6) is 0.0532. The number of halogens is 2. The minimum absolute atomic E-state index is 0.0532. The van der Waals surface area contributed by atoms with Crippen molar-refractivity contribution < 1.29 is 4.79 Å². The van der Waals surface area contributed by atoms with E-state index in [1.165, 1.54) is 16.3 Å². The van der Waals surface area contributed by atoms with Gasteiger partial charge in [-0.3, -0.25) is 4.79 Å². The number of carbonyl (C=O) groups excluding carboxylic acids is 1. The molecule has 34 heavy (non-hydrogen) atoms. The van der Waals surface area contributed by atoms with Gasteiger partial charge in [0, 0.05) is 42.1 Å². The van der Waals surface area contributed by atoms with Crippen LogP contribution in [0.2, 0.25) is 10.0 Å². The van der Waals surface area contributed by atoms with Crippen LogP contribution in [0.3, 0.4) is 0 Å². The molecular weight excluding hydrogens is 463 g/mol. The Balaban J connectivity index is 1.44. The number of rotatable bonds is 9. The van der Waals surface area contributed by atoms with Crippen molar-refractivity contribution >= 4 is 39.9 Å². The third-order valence-corrected chi connectivity index (χ3v) is 6.81. The van der Waals surface area contributed by atoms with Crippen LogP contribution in [0, 0.1) is 0 Å². The van der Waals surface area contributed by atoms with Gasteiger partial charge in [-0.25, -0.2) is 0 Å². The third kappa shape index (κ3) is 5.98. The molecule has 4 aromatic rings. The van der Waals surface area contributed by atoms with Gasteiger partial charge >= 0.3 is 0 Å². The monoisotopic (exact) mass is 490 g/mol. The van der Waals surface area contributed by atoms with Gasteiger partial charge in [0.15, 0.2) is 0 Å². The Morgan fingerprint density at radius 3 is 2.00 bits per heavy atom. The van der Waals surface area contributed by atoms with Crippen LogP contribution in [0.25, 0.3) is 10.8 Å². The highest BCUT2D eigenvalue weighted by molar-refractivity contribution is 6.31. The van der Waals surface area contributed by atoms with E-state index in [1.807, 2.05) is 53.4 Å². The number of fused-ring (bicyclic) bond motifs is 1. The highest BCUT2D eigenvalue weighted by atomic mass is 35.5. The fourth-order valence-corrected chi connectivity index (χ4v) is 4.58. The summed E-state index contributed by atoms with van der Waals surface area (Å²) in [6.45, 7) is 3.58. The summed E-state index contributed by atoms with van der Waals surface area (Å²) in [6.07, 6.45) is 0.379. The average molecular weight is 491 g/mol. The average Bonchev–Trinajstić information content (AvgIpc) is 2.85. The zero-order valence-corrected chi connectivity index (χ0v) is 20.7. The Morgan fingerprint density at radius 2 is 1.35 bits per heavy atom. The second-order valence-electron chi connectivity index (χ2n) is 8.43. The van der Waals surface area contributed by atoms with Gasteiger partial charge in [0.05, 0.1) is 0 Å². The van der Waals surface area contributed by atoms with Crippen molar-refractivity contribution in [1.29, 1.82) is 0 Å². The van der Waals surface area contributed by atoms with Crippen LogP contribution in [0.4, 0.5) is 0 Å². The summed E-state index contributed by atoms with van der Waals surface area (Å²) >= 11 is 12.8. The van der Waals surface area contributed by atoms with Gasteiger partial charge in [-0.15, -0.1) is 0 Å². The second-order valence-corrected chi connectivity index (χ2v) is 9.24. The van der Waals surface area contributed by atoms with Crippen molar-refractivity contribution in [2.45, 2.75) is 32.5 Å². The topological polar surface area (TPSA) is 32.3 Å². The smallest absolute Gasteiger partial charge is 0.224 e. The van der Waals surface area contributed by atoms with Gasteiger partial charge in [0.1, 0.15) is 0 Å². The lowest BCUT2D eigenvalue weighted by Crippen LogP contribution is -2.33.